The summed E-state index contributed by atoms with van der Waals surface area (Å²) in [4.78, 5) is 57.0. The molecule has 2 amide bonds. The molecule has 15 heteroatoms. The minimum atomic E-state index is -3.97. The Morgan fingerprint density at radius 2 is 1.69 bits per heavy atom. The van der Waals surface area contributed by atoms with E-state index in [1.807, 2.05) is 0 Å². The second-order valence-electron chi connectivity index (χ2n) is 9.90. The van der Waals surface area contributed by atoms with E-state index in [4.69, 9.17) is 9.47 Å². The number of aromatic nitrogens is 1. The number of aryl methyl sites for hydroxylation is 1. The number of thiazole rings is 1. The fourth-order valence-electron chi connectivity index (χ4n) is 3.91. The number of carbonyl (C=O) groups excluding carboxylic acids is 4. The minimum absolute atomic E-state index is 0.0370. The molecule has 0 saturated carbocycles. The predicted octanol–water partition coefficient (Wildman–Crippen LogP) is 0.442. The lowest BCUT2D eigenvalue weighted by Gasteiger charge is -2.28. The number of nitrogens with one attached hydrogen (secondary N) is 2. The Balaban J connectivity index is 2.24. The molecule has 4 atom stereocenters. The van der Waals surface area contributed by atoms with Crippen molar-refractivity contribution in [2.75, 3.05) is 40.3 Å². The van der Waals surface area contributed by atoms with Crippen LogP contribution in [0.15, 0.2) is 36.5 Å². The highest BCUT2D eigenvalue weighted by atomic mass is 32.2. The third-order valence-corrected chi connectivity index (χ3v) is 7.52. The van der Waals surface area contributed by atoms with Gasteiger partial charge in [-0.15, -0.1) is 11.3 Å². The molecule has 42 heavy (non-hydrogen) atoms. The van der Waals surface area contributed by atoms with Gasteiger partial charge in [-0.1, -0.05) is 30.3 Å². The molecule has 0 unspecified atom stereocenters. The van der Waals surface area contributed by atoms with E-state index >= 15 is 0 Å². The molecule has 0 fully saturated rings. The first-order chi connectivity index (χ1) is 19.7. The van der Waals surface area contributed by atoms with E-state index in [1.54, 1.807) is 37.3 Å². The smallest absolute Gasteiger partial charge is 0.264 e. The van der Waals surface area contributed by atoms with Crippen molar-refractivity contribution in [1.82, 2.24) is 15.6 Å². The number of nitrogens with zero attached hydrogens (tertiary/aromatic N) is 1. The van der Waals surface area contributed by atoms with E-state index < -0.39 is 63.7 Å². The molecule has 1 heterocycles. The quantitative estimate of drug-likeness (QED) is 0.195. The highest BCUT2D eigenvalue weighted by Gasteiger charge is 2.39. The summed E-state index contributed by atoms with van der Waals surface area (Å²) in [5, 5.41) is 16.6. The van der Waals surface area contributed by atoms with Gasteiger partial charge >= 0.3 is 0 Å². The summed E-state index contributed by atoms with van der Waals surface area (Å²) in [5.74, 6) is -3.72. The van der Waals surface area contributed by atoms with E-state index in [9.17, 15) is 32.7 Å². The number of aliphatic hydroxyl groups is 1. The molecule has 1 aromatic carbocycles. The molecule has 0 aliphatic carbocycles. The SMILES string of the molecule is COC[C@H](CC(=O)[C@H](COC)NC(=O)c1cnc(C)s1)C(=O)N[C@@H](Cc1ccccc1)C(=O)[C@](C)(O)COS(C)(=O)=O. The zero-order chi connectivity index (χ0) is 31.5. The van der Waals surface area contributed by atoms with Gasteiger partial charge in [0.25, 0.3) is 16.0 Å². The first-order valence-electron chi connectivity index (χ1n) is 12.9. The van der Waals surface area contributed by atoms with Crippen LogP contribution in [0.3, 0.4) is 0 Å². The number of ketones is 2. The Bertz CT molecular complexity index is 1330. The van der Waals surface area contributed by atoms with Crippen LogP contribution in [0.25, 0.3) is 0 Å². The predicted molar refractivity (Wildman–Crippen MR) is 153 cm³/mol. The molecule has 2 aromatic rings. The van der Waals surface area contributed by atoms with E-state index in [-0.39, 0.29) is 26.1 Å². The maximum atomic E-state index is 13.4. The molecule has 3 N–H and O–H groups in total. The van der Waals surface area contributed by atoms with Gasteiger partial charge < -0.3 is 25.2 Å². The van der Waals surface area contributed by atoms with Crippen molar-refractivity contribution in [3.8, 4) is 0 Å². The van der Waals surface area contributed by atoms with Gasteiger partial charge in [-0.05, 0) is 25.8 Å². The summed E-state index contributed by atoms with van der Waals surface area (Å²) in [6.07, 6.45) is 1.77. The number of hydrogen-bond donors (Lipinski definition) is 3. The van der Waals surface area contributed by atoms with Crippen molar-refractivity contribution in [2.45, 2.75) is 44.4 Å². The zero-order valence-electron chi connectivity index (χ0n) is 24.1. The average molecular weight is 628 g/mol. The van der Waals surface area contributed by atoms with E-state index in [1.165, 1.54) is 20.4 Å². The first-order valence-corrected chi connectivity index (χ1v) is 15.5. The average Bonchev–Trinajstić information content (AvgIpc) is 3.37. The number of hydrogen-bond acceptors (Lipinski definition) is 12. The normalized spacial score (nSPS) is 15.2. The number of rotatable bonds is 18. The van der Waals surface area contributed by atoms with Crippen molar-refractivity contribution >= 4 is 44.8 Å². The lowest BCUT2D eigenvalue weighted by atomic mass is 9.90. The maximum absolute atomic E-state index is 13.4. The number of methoxy groups -OCH3 is 2. The van der Waals surface area contributed by atoms with Gasteiger partial charge in [0.05, 0.1) is 42.6 Å². The zero-order valence-corrected chi connectivity index (χ0v) is 25.7. The van der Waals surface area contributed by atoms with Crippen molar-refractivity contribution < 1.29 is 46.4 Å². The summed E-state index contributed by atoms with van der Waals surface area (Å²) >= 11 is 1.16. The topological polar surface area (TPSA) is 187 Å². The number of Topliss-reactive ketones (excluding diaryl/α,β-unsaturated/α-hetero) is 2. The summed E-state index contributed by atoms with van der Waals surface area (Å²) in [6, 6.07) is 6.27. The monoisotopic (exact) mass is 627 g/mol. The van der Waals surface area contributed by atoms with Crippen LogP contribution in [0.5, 0.6) is 0 Å². The molecule has 232 valence electrons. The molecular weight excluding hydrogens is 590 g/mol. The largest absolute Gasteiger partial charge is 0.384 e. The van der Waals surface area contributed by atoms with Crippen LogP contribution in [0.1, 0.15) is 33.6 Å². The van der Waals surface area contributed by atoms with Gasteiger partial charge in [0.1, 0.15) is 23.1 Å². The van der Waals surface area contributed by atoms with Crippen molar-refractivity contribution in [2.24, 2.45) is 5.92 Å². The van der Waals surface area contributed by atoms with Gasteiger partial charge in [-0.2, -0.15) is 8.42 Å². The maximum Gasteiger partial charge on any atom is 0.264 e. The fraction of sp³-hybridized carbons (Fsp3) is 0.519. The molecule has 0 bridgehead atoms. The Morgan fingerprint density at radius 3 is 2.24 bits per heavy atom. The van der Waals surface area contributed by atoms with Crippen LogP contribution in [0.4, 0.5) is 0 Å². The van der Waals surface area contributed by atoms with Gasteiger partial charge in [0, 0.05) is 20.6 Å². The number of carbonyl (C=O) groups is 4. The molecule has 0 aliphatic rings. The van der Waals surface area contributed by atoms with Gasteiger partial charge in [-0.25, -0.2) is 4.98 Å². The second kappa shape index (κ2) is 16.0. The van der Waals surface area contributed by atoms with Crippen LogP contribution in [0.2, 0.25) is 0 Å². The van der Waals surface area contributed by atoms with E-state index in [0.29, 0.717) is 15.4 Å². The number of ether oxygens (including phenoxy) is 2. The Labute approximate surface area is 249 Å². The van der Waals surface area contributed by atoms with Gasteiger partial charge in [0.2, 0.25) is 5.91 Å². The van der Waals surface area contributed by atoms with Crippen molar-refractivity contribution in [3.63, 3.8) is 0 Å². The minimum Gasteiger partial charge on any atom is -0.384 e. The van der Waals surface area contributed by atoms with Gasteiger partial charge in [-0.3, -0.25) is 23.4 Å². The van der Waals surface area contributed by atoms with Crippen LogP contribution in [-0.4, -0.2) is 99.9 Å². The third-order valence-electron chi connectivity index (χ3n) is 6.06. The van der Waals surface area contributed by atoms with Crippen LogP contribution >= 0.6 is 11.3 Å². The Hall–Kier alpha value is -3.08. The standard InChI is InChI=1S/C27H37N3O10S2/c1-17-28-13-23(41-17)26(34)30-21(15-39-4)22(31)12-19(14-38-3)25(33)29-20(11-18-9-7-6-8-10-18)24(32)27(2,35)16-40-42(5,36)37/h6-10,13,19-21,35H,11-12,14-16H2,1-5H3,(H,29,33)(H,30,34)/t19-,20-,21-,27+/m0/s1. The van der Waals surface area contributed by atoms with Crippen molar-refractivity contribution in [3.05, 3.63) is 52.0 Å². The van der Waals surface area contributed by atoms with E-state index in [0.717, 1.165) is 24.5 Å². The fourth-order valence-corrected chi connectivity index (χ4v) is 5.03. The number of amides is 2. The molecule has 2 rings (SSSR count). The highest BCUT2D eigenvalue weighted by Crippen LogP contribution is 2.17. The van der Waals surface area contributed by atoms with E-state index in [2.05, 4.69) is 19.8 Å². The highest BCUT2D eigenvalue weighted by molar-refractivity contribution is 7.86. The lowest BCUT2D eigenvalue weighted by Crippen LogP contribution is -2.55. The molecule has 0 spiro atoms. The third kappa shape index (κ3) is 11.3. The van der Waals surface area contributed by atoms with Gasteiger partial charge in [0.15, 0.2) is 11.6 Å². The molecule has 1 aromatic heterocycles. The van der Waals surface area contributed by atoms with Crippen molar-refractivity contribution in [1.29, 1.82) is 0 Å². The lowest BCUT2D eigenvalue weighted by molar-refractivity contribution is -0.143. The van der Waals surface area contributed by atoms with Crippen LogP contribution < -0.4 is 10.6 Å². The summed E-state index contributed by atoms with van der Waals surface area (Å²) in [5.41, 5.74) is -1.62. The van der Waals surface area contributed by atoms with Crippen LogP contribution in [-0.2, 0) is 44.6 Å². The molecule has 13 nitrogen and oxygen atoms in total. The molecular formula is C27H37N3O10S2. The Kier molecular flexibility index (Phi) is 13.3. The number of benzene rings is 1. The summed E-state index contributed by atoms with van der Waals surface area (Å²) in [7, 11) is -1.27. The summed E-state index contributed by atoms with van der Waals surface area (Å²) in [6.45, 7) is 1.62. The molecule has 0 aliphatic heterocycles. The Morgan fingerprint density at radius 1 is 1.05 bits per heavy atom. The second-order valence-corrected chi connectivity index (χ2v) is 12.8. The molecule has 0 saturated heterocycles. The summed E-state index contributed by atoms with van der Waals surface area (Å²) < 4.78 is 37.8. The van der Waals surface area contributed by atoms with Crippen LogP contribution in [0, 0.1) is 12.8 Å². The first kappa shape index (κ1) is 35.1. The molecule has 0 radical (unpaired) electrons.